The number of aromatic amines is 1. The molecule has 1 aliphatic rings. The number of hydrogen-bond donors (Lipinski definition) is 1. The van der Waals surface area contributed by atoms with Gasteiger partial charge >= 0.3 is 0 Å². The average Bonchev–Trinajstić information content (AvgIpc) is 3.13. The van der Waals surface area contributed by atoms with Crippen LogP contribution in [0.3, 0.4) is 0 Å². The molecule has 5 nitrogen and oxygen atoms in total. The zero-order valence-electron chi connectivity index (χ0n) is 19.3. The van der Waals surface area contributed by atoms with Crippen molar-refractivity contribution < 1.29 is 9.13 Å². The summed E-state index contributed by atoms with van der Waals surface area (Å²) in [4.78, 5) is 14.9. The fourth-order valence-corrected chi connectivity index (χ4v) is 4.91. The van der Waals surface area contributed by atoms with Crippen LogP contribution in [0.1, 0.15) is 61.2 Å². The maximum atomic E-state index is 15.9. The number of nitrogens with one attached hydrogen (secondary N) is 1. The van der Waals surface area contributed by atoms with Crippen molar-refractivity contribution in [3.05, 3.63) is 46.8 Å². The van der Waals surface area contributed by atoms with E-state index in [1.54, 1.807) is 7.11 Å². The molecule has 1 aliphatic heterocycles. The third-order valence-electron chi connectivity index (χ3n) is 6.38. The number of aryl methyl sites for hydroxylation is 2. The Morgan fingerprint density at radius 1 is 1.19 bits per heavy atom. The number of pyridine rings is 2. The van der Waals surface area contributed by atoms with E-state index in [0.29, 0.717) is 11.1 Å². The first-order valence-electron chi connectivity index (χ1n) is 11.3. The number of ether oxygens (including phenoxy) is 1. The standard InChI is InChI=1S/C25H33FN4O/c1-15(2)21-22-20(29-24(21)19-12-16(3)28-17(4)13-19)14-27-25(23(22)26)18-6-8-30(9-7-18)10-11-31-5/h12-15,18,29H,6-11H2,1-5H3. The highest BCUT2D eigenvalue weighted by Gasteiger charge is 2.28. The Morgan fingerprint density at radius 3 is 2.48 bits per heavy atom. The Kier molecular flexibility index (Phi) is 6.39. The van der Waals surface area contributed by atoms with Crippen LogP contribution in [0.25, 0.3) is 22.2 Å². The number of likely N-dealkylation sites (tertiary alicyclic amines) is 1. The summed E-state index contributed by atoms with van der Waals surface area (Å²) in [6.07, 6.45) is 3.67. The van der Waals surface area contributed by atoms with Crippen molar-refractivity contribution in [2.75, 3.05) is 33.4 Å². The highest BCUT2D eigenvalue weighted by atomic mass is 19.1. The van der Waals surface area contributed by atoms with E-state index in [0.717, 1.165) is 72.8 Å². The van der Waals surface area contributed by atoms with Gasteiger partial charge in [-0.05, 0) is 63.4 Å². The molecular weight excluding hydrogens is 391 g/mol. The van der Waals surface area contributed by atoms with Gasteiger partial charge in [-0.25, -0.2) is 4.39 Å². The van der Waals surface area contributed by atoms with E-state index >= 15 is 4.39 Å². The molecule has 0 atom stereocenters. The summed E-state index contributed by atoms with van der Waals surface area (Å²) < 4.78 is 21.1. The quantitative estimate of drug-likeness (QED) is 0.581. The van der Waals surface area contributed by atoms with E-state index in [4.69, 9.17) is 4.74 Å². The number of halogens is 1. The molecule has 0 aromatic carbocycles. The number of H-pyrrole nitrogens is 1. The van der Waals surface area contributed by atoms with Gasteiger partial charge in [0.05, 0.1) is 29.7 Å². The molecule has 4 rings (SSSR count). The van der Waals surface area contributed by atoms with E-state index in [1.807, 2.05) is 20.0 Å². The smallest absolute Gasteiger partial charge is 0.154 e. The second kappa shape index (κ2) is 9.05. The third kappa shape index (κ3) is 4.37. The molecule has 0 amide bonds. The maximum Gasteiger partial charge on any atom is 0.154 e. The van der Waals surface area contributed by atoms with E-state index < -0.39 is 0 Å². The predicted molar refractivity (Wildman–Crippen MR) is 123 cm³/mol. The van der Waals surface area contributed by atoms with Gasteiger partial charge in [-0.1, -0.05) is 13.8 Å². The molecule has 4 heterocycles. The summed E-state index contributed by atoms with van der Waals surface area (Å²) >= 11 is 0. The summed E-state index contributed by atoms with van der Waals surface area (Å²) in [5, 5.41) is 0.698. The number of rotatable bonds is 6. The minimum atomic E-state index is -0.151. The molecule has 166 valence electrons. The molecule has 1 N–H and O–H groups in total. The number of piperidine rings is 1. The van der Waals surface area contributed by atoms with E-state index in [9.17, 15) is 0 Å². The topological polar surface area (TPSA) is 54.0 Å². The zero-order valence-corrected chi connectivity index (χ0v) is 19.3. The number of aromatic nitrogens is 3. The van der Waals surface area contributed by atoms with E-state index in [-0.39, 0.29) is 17.7 Å². The minimum Gasteiger partial charge on any atom is -0.383 e. The maximum absolute atomic E-state index is 15.9. The molecule has 0 radical (unpaired) electrons. The second-order valence-corrected chi connectivity index (χ2v) is 9.06. The first-order chi connectivity index (χ1) is 14.9. The largest absolute Gasteiger partial charge is 0.383 e. The highest BCUT2D eigenvalue weighted by molar-refractivity contribution is 5.91. The lowest BCUT2D eigenvalue weighted by atomic mass is 9.90. The van der Waals surface area contributed by atoms with Crippen LogP contribution < -0.4 is 0 Å². The molecule has 0 bridgehead atoms. The Labute approximate surface area is 184 Å². The Morgan fingerprint density at radius 2 is 1.87 bits per heavy atom. The zero-order chi connectivity index (χ0) is 22.1. The van der Waals surface area contributed by atoms with Crippen LogP contribution in [0.5, 0.6) is 0 Å². The van der Waals surface area contributed by atoms with Gasteiger partial charge < -0.3 is 14.6 Å². The van der Waals surface area contributed by atoms with Crippen molar-refractivity contribution in [1.29, 1.82) is 0 Å². The molecule has 1 saturated heterocycles. The average molecular weight is 425 g/mol. The van der Waals surface area contributed by atoms with E-state index in [2.05, 4.69) is 45.8 Å². The summed E-state index contributed by atoms with van der Waals surface area (Å²) in [7, 11) is 1.73. The minimum absolute atomic E-state index is 0.151. The summed E-state index contributed by atoms with van der Waals surface area (Å²) in [6, 6.07) is 4.12. The van der Waals surface area contributed by atoms with Crippen molar-refractivity contribution in [2.24, 2.45) is 0 Å². The third-order valence-corrected chi connectivity index (χ3v) is 6.38. The molecular formula is C25H33FN4O. The van der Waals surface area contributed by atoms with Crippen LogP contribution in [-0.2, 0) is 4.74 Å². The Bertz CT molecular complexity index is 1050. The van der Waals surface area contributed by atoms with Gasteiger partial charge in [0.2, 0.25) is 0 Å². The van der Waals surface area contributed by atoms with Crippen LogP contribution in [0.2, 0.25) is 0 Å². The molecule has 0 saturated carbocycles. The van der Waals surface area contributed by atoms with Gasteiger partial charge in [0.25, 0.3) is 0 Å². The molecule has 1 fully saturated rings. The van der Waals surface area contributed by atoms with Gasteiger partial charge in [-0.2, -0.15) is 0 Å². The van der Waals surface area contributed by atoms with Crippen LogP contribution in [0.15, 0.2) is 18.3 Å². The van der Waals surface area contributed by atoms with E-state index in [1.165, 1.54) is 0 Å². The van der Waals surface area contributed by atoms with Crippen LogP contribution >= 0.6 is 0 Å². The van der Waals surface area contributed by atoms with Crippen molar-refractivity contribution in [1.82, 2.24) is 19.9 Å². The predicted octanol–water partition coefficient (Wildman–Crippen LogP) is 5.33. The molecule has 31 heavy (non-hydrogen) atoms. The van der Waals surface area contributed by atoms with Crippen LogP contribution in [0.4, 0.5) is 4.39 Å². The number of methoxy groups -OCH3 is 1. The fraction of sp³-hybridized carbons (Fsp3) is 0.520. The lowest BCUT2D eigenvalue weighted by molar-refractivity contribution is 0.129. The lowest BCUT2D eigenvalue weighted by Crippen LogP contribution is -2.35. The first-order valence-corrected chi connectivity index (χ1v) is 11.3. The molecule has 6 heteroatoms. The van der Waals surface area contributed by atoms with Crippen LogP contribution in [0, 0.1) is 19.7 Å². The lowest BCUT2D eigenvalue weighted by Gasteiger charge is -2.31. The van der Waals surface area contributed by atoms with Crippen molar-refractivity contribution in [3.63, 3.8) is 0 Å². The number of fused-ring (bicyclic) bond motifs is 1. The Balaban J connectivity index is 1.73. The van der Waals surface area contributed by atoms with Crippen molar-refractivity contribution in [3.8, 4) is 11.3 Å². The van der Waals surface area contributed by atoms with Crippen LogP contribution in [-0.4, -0.2) is 53.2 Å². The summed E-state index contributed by atoms with van der Waals surface area (Å²) in [5.41, 5.74) is 6.37. The molecule has 0 spiro atoms. The SMILES string of the molecule is COCCN1CCC(c2ncc3[nH]c(-c4cc(C)nc(C)c4)c(C(C)C)c3c2F)CC1. The van der Waals surface area contributed by atoms with Gasteiger partial charge in [-0.3, -0.25) is 9.97 Å². The number of nitrogens with zero attached hydrogens (tertiary/aromatic N) is 3. The normalized spacial score (nSPS) is 16.0. The van der Waals surface area contributed by atoms with Crippen molar-refractivity contribution in [2.45, 2.75) is 52.4 Å². The monoisotopic (exact) mass is 424 g/mol. The van der Waals surface area contributed by atoms with Crippen molar-refractivity contribution >= 4 is 10.9 Å². The molecule has 3 aromatic heterocycles. The number of hydrogen-bond acceptors (Lipinski definition) is 4. The van der Waals surface area contributed by atoms with Gasteiger partial charge in [0.1, 0.15) is 0 Å². The summed E-state index contributed by atoms with van der Waals surface area (Å²) in [5.74, 6) is 0.187. The highest BCUT2D eigenvalue weighted by Crippen LogP contribution is 2.39. The van der Waals surface area contributed by atoms with Gasteiger partial charge in [0.15, 0.2) is 5.82 Å². The fourth-order valence-electron chi connectivity index (χ4n) is 4.91. The Hall–Kier alpha value is -2.31. The molecule has 0 unspecified atom stereocenters. The summed E-state index contributed by atoms with van der Waals surface area (Å²) in [6.45, 7) is 11.8. The molecule has 3 aromatic rings. The second-order valence-electron chi connectivity index (χ2n) is 9.06. The van der Waals surface area contributed by atoms with Gasteiger partial charge in [-0.15, -0.1) is 0 Å². The van der Waals surface area contributed by atoms with Gasteiger partial charge in [0, 0.05) is 41.9 Å². The first kappa shape index (κ1) is 21.9. The molecule has 0 aliphatic carbocycles.